The zero-order valence-electron chi connectivity index (χ0n) is 14.9. The first-order chi connectivity index (χ1) is 13.0. The lowest BCUT2D eigenvalue weighted by Crippen LogP contribution is -2.25. The Bertz CT molecular complexity index is 1010. The number of furan rings is 1. The number of sulfone groups is 1. The van der Waals surface area contributed by atoms with Gasteiger partial charge in [-0.15, -0.1) is 0 Å². The molecule has 2 N–H and O–H groups in total. The fourth-order valence-corrected chi connectivity index (χ4v) is 4.13. The summed E-state index contributed by atoms with van der Waals surface area (Å²) in [7, 11) is -3.55. The molecule has 0 saturated carbocycles. The minimum absolute atomic E-state index is 0.0361. The summed E-state index contributed by atoms with van der Waals surface area (Å²) in [6.07, 6.45) is 4.64. The Morgan fingerprint density at radius 1 is 1.19 bits per heavy atom. The maximum absolute atomic E-state index is 12.5. The van der Waals surface area contributed by atoms with Crippen molar-refractivity contribution >= 4 is 15.7 Å². The minimum atomic E-state index is -3.55. The van der Waals surface area contributed by atoms with E-state index in [-0.39, 0.29) is 16.4 Å². The summed E-state index contributed by atoms with van der Waals surface area (Å²) in [6, 6.07) is 9.67. The fourth-order valence-electron chi connectivity index (χ4n) is 2.75. The summed E-state index contributed by atoms with van der Waals surface area (Å²) in [5.74, 6) is -0.666. The lowest BCUT2D eigenvalue weighted by atomic mass is 10.1. The quantitative estimate of drug-likeness (QED) is 0.578. The molecule has 0 unspecified atom stereocenters. The molecule has 0 aliphatic carbocycles. The van der Waals surface area contributed by atoms with Crippen LogP contribution in [0.1, 0.15) is 33.8 Å². The van der Waals surface area contributed by atoms with Crippen LogP contribution in [0.15, 0.2) is 58.2 Å². The average Bonchev–Trinajstić information content (AvgIpc) is 3.28. The normalized spacial score (nSPS) is 11.4. The Labute approximate surface area is 157 Å². The van der Waals surface area contributed by atoms with Gasteiger partial charge in [0.2, 0.25) is 0 Å². The van der Waals surface area contributed by atoms with Gasteiger partial charge in [0.25, 0.3) is 5.91 Å². The highest BCUT2D eigenvalue weighted by Gasteiger charge is 2.22. The van der Waals surface area contributed by atoms with Gasteiger partial charge in [0.1, 0.15) is 0 Å². The van der Waals surface area contributed by atoms with Gasteiger partial charge in [0.15, 0.2) is 15.6 Å². The van der Waals surface area contributed by atoms with E-state index in [1.807, 2.05) is 6.92 Å². The number of hydrogen-bond acceptors (Lipinski definition) is 5. The Kier molecular flexibility index (Phi) is 5.75. The molecule has 7 nitrogen and oxygen atoms in total. The smallest absolute Gasteiger partial charge is 0.287 e. The molecule has 27 heavy (non-hydrogen) atoms. The van der Waals surface area contributed by atoms with Crippen molar-refractivity contribution in [2.24, 2.45) is 0 Å². The number of nitrogens with one attached hydrogen (secondary N) is 2. The molecule has 0 aliphatic rings. The average molecular weight is 387 g/mol. The molecule has 0 bridgehead atoms. The molecule has 0 radical (unpaired) electrons. The maximum Gasteiger partial charge on any atom is 0.287 e. The van der Waals surface area contributed by atoms with Crippen molar-refractivity contribution in [3.05, 3.63) is 71.4 Å². The van der Waals surface area contributed by atoms with Crippen LogP contribution in [0.5, 0.6) is 0 Å². The molecule has 0 saturated heterocycles. The van der Waals surface area contributed by atoms with Crippen LogP contribution in [0, 0.1) is 6.92 Å². The molecule has 0 spiro atoms. The van der Waals surface area contributed by atoms with Crippen molar-refractivity contribution in [2.75, 3.05) is 6.54 Å². The number of aromatic amines is 1. The lowest BCUT2D eigenvalue weighted by molar-refractivity contribution is 0.0924. The van der Waals surface area contributed by atoms with Crippen LogP contribution in [-0.2, 0) is 22.0 Å². The molecule has 2 heterocycles. The van der Waals surface area contributed by atoms with Crippen LogP contribution in [-0.4, -0.2) is 31.1 Å². The van der Waals surface area contributed by atoms with Gasteiger partial charge in [0.05, 0.1) is 23.1 Å². The third-order valence-electron chi connectivity index (χ3n) is 4.24. The molecule has 0 fully saturated rings. The number of hydrogen-bond donors (Lipinski definition) is 2. The van der Waals surface area contributed by atoms with E-state index in [4.69, 9.17) is 4.42 Å². The monoisotopic (exact) mass is 387 g/mol. The first-order valence-electron chi connectivity index (χ1n) is 8.58. The first-order valence-corrected chi connectivity index (χ1v) is 10.2. The first kappa shape index (κ1) is 18.9. The summed E-state index contributed by atoms with van der Waals surface area (Å²) in [5, 5.41) is 9.61. The van der Waals surface area contributed by atoms with Gasteiger partial charge in [-0.05, 0) is 43.5 Å². The van der Waals surface area contributed by atoms with E-state index in [2.05, 4.69) is 15.5 Å². The highest BCUT2D eigenvalue weighted by Crippen LogP contribution is 2.20. The van der Waals surface area contributed by atoms with Gasteiger partial charge in [-0.3, -0.25) is 9.89 Å². The Hall–Kier alpha value is -2.87. The molecular formula is C19H21N3O4S. The predicted molar refractivity (Wildman–Crippen MR) is 100 cm³/mol. The number of carbonyl (C=O) groups is 1. The standard InChI is InChI=1S/C19H21N3O4S/c1-14-15(12-21-22-14)6-5-10-20-19(23)18-16(9-11-26-18)13-27(24,25)17-7-3-2-4-8-17/h2-4,7-9,11-12H,5-6,10,13H2,1H3,(H,20,23)(H,21,22). The molecule has 1 aromatic carbocycles. The number of rotatable bonds is 8. The summed E-state index contributed by atoms with van der Waals surface area (Å²) in [5.41, 5.74) is 2.47. The molecule has 3 aromatic rings. The van der Waals surface area contributed by atoms with Gasteiger partial charge in [-0.1, -0.05) is 18.2 Å². The molecule has 8 heteroatoms. The Balaban J connectivity index is 1.59. The van der Waals surface area contributed by atoms with Crippen LogP contribution in [0.25, 0.3) is 0 Å². The van der Waals surface area contributed by atoms with Crippen LogP contribution < -0.4 is 5.32 Å². The van der Waals surface area contributed by atoms with Gasteiger partial charge in [-0.25, -0.2) is 8.42 Å². The summed E-state index contributed by atoms with van der Waals surface area (Å²) in [4.78, 5) is 12.6. The van der Waals surface area contributed by atoms with Crippen molar-refractivity contribution in [3.8, 4) is 0 Å². The number of aryl methyl sites for hydroxylation is 2. The number of nitrogens with zero attached hydrogens (tertiary/aromatic N) is 1. The van der Waals surface area contributed by atoms with E-state index in [9.17, 15) is 13.2 Å². The molecule has 0 atom stereocenters. The van der Waals surface area contributed by atoms with Crippen LogP contribution in [0.4, 0.5) is 0 Å². The van der Waals surface area contributed by atoms with Crippen molar-refractivity contribution in [3.63, 3.8) is 0 Å². The van der Waals surface area contributed by atoms with E-state index >= 15 is 0 Å². The van der Waals surface area contributed by atoms with Crippen molar-refractivity contribution < 1.29 is 17.6 Å². The second kappa shape index (κ2) is 8.22. The number of amides is 1. The summed E-state index contributed by atoms with van der Waals surface area (Å²) < 4.78 is 30.3. The van der Waals surface area contributed by atoms with E-state index in [1.54, 1.807) is 24.4 Å². The van der Waals surface area contributed by atoms with Gasteiger partial charge < -0.3 is 9.73 Å². The highest BCUT2D eigenvalue weighted by molar-refractivity contribution is 7.90. The zero-order valence-corrected chi connectivity index (χ0v) is 15.8. The summed E-state index contributed by atoms with van der Waals surface area (Å²) in [6.45, 7) is 2.40. The van der Waals surface area contributed by atoms with Crippen molar-refractivity contribution in [1.82, 2.24) is 15.5 Å². The fraction of sp³-hybridized carbons (Fsp3) is 0.263. The van der Waals surface area contributed by atoms with Gasteiger partial charge in [-0.2, -0.15) is 5.10 Å². The Morgan fingerprint density at radius 3 is 2.67 bits per heavy atom. The number of H-pyrrole nitrogens is 1. The molecule has 0 aliphatic heterocycles. The van der Waals surface area contributed by atoms with Crippen molar-refractivity contribution in [2.45, 2.75) is 30.4 Å². The van der Waals surface area contributed by atoms with Crippen molar-refractivity contribution in [1.29, 1.82) is 0 Å². The van der Waals surface area contributed by atoms with Crippen LogP contribution in [0.3, 0.4) is 0 Å². The topological polar surface area (TPSA) is 105 Å². The molecular weight excluding hydrogens is 366 g/mol. The van der Waals surface area contributed by atoms with E-state index in [0.29, 0.717) is 12.1 Å². The van der Waals surface area contributed by atoms with Gasteiger partial charge in [0, 0.05) is 17.8 Å². The lowest BCUT2D eigenvalue weighted by Gasteiger charge is -2.06. The number of carbonyl (C=O) groups excluding carboxylic acids is 1. The largest absolute Gasteiger partial charge is 0.459 e. The zero-order chi connectivity index (χ0) is 19.3. The molecule has 3 rings (SSSR count). The highest BCUT2D eigenvalue weighted by atomic mass is 32.2. The molecule has 1 amide bonds. The third kappa shape index (κ3) is 4.65. The maximum atomic E-state index is 12.5. The second-order valence-electron chi connectivity index (χ2n) is 6.23. The minimum Gasteiger partial charge on any atom is -0.459 e. The third-order valence-corrected chi connectivity index (χ3v) is 5.93. The second-order valence-corrected chi connectivity index (χ2v) is 8.22. The number of aromatic nitrogens is 2. The van der Waals surface area contributed by atoms with Gasteiger partial charge >= 0.3 is 0 Å². The Morgan fingerprint density at radius 2 is 1.96 bits per heavy atom. The van der Waals surface area contributed by atoms with E-state index < -0.39 is 15.7 Å². The van der Waals surface area contributed by atoms with E-state index in [1.165, 1.54) is 24.5 Å². The molecule has 142 valence electrons. The van der Waals surface area contributed by atoms with Crippen LogP contribution in [0.2, 0.25) is 0 Å². The summed E-state index contributed by atoms with van der Waals surface area (Å²) >= 11 is 0. The number of benzene rings is 1. The molecule has 2 aromatic heterocycles. The van der Waals surface area contributed by atoms with Crippen LogP contribution >= 0.6 is 0 Å². The predicted octanol–water partition coefficient (Wildman–Crippen LogP) is 2.65. The van der Waals surface area contributed by atoms with E-state index in [0.717, 1.165) is 24.1 Å². The SMILES string of the molecule is Cc1[nH]ncc1CCCNC(=O)c1occc1CS(=O)(=O)c1ccccc1.